The molecule has 0 bridgehead atoms. The first-order valence-electron chi connectivity index (χ1n) is 8.03. The number of hydrazine groups is 1. The smallest absolute Gasteiger partial charge is 0.289 e. The van der Waals surface area contributed by atoms with Crippen molar-refractivity contribution in [2.75, 3.05) is 6.61 Å². The standard InChI is InChI=1S/C19H18N4O3/c1-12-7-13(2)9-14(8-12)26-11-18(24)22-23-19(25)17-10-20-15-5-3-4-6-16(15)21-17/h3-10H,11H2,1-2H3,(H,22,24)(H,23,25). The number of hydrogen-bond acceptors (Lipinski definition) is 5. The predicted molar refractivity (Wildman–Crippen MR) is 96.6 cm³/mol. The van der Waals surface area contributed by atoms with Gasteiger partial charge in [-0.05, 0) is 49.2 Å². The number of aromatic nitrogens is 2. The monoisotopic (exact) mass is 350 g/mol. The third-order valence-corrected chi connectivity index (χ3v) is 3.56. The van der Waals surface area contributed by atoms with Gasteiger partial charge < -0.3 is 4.74 Å². The zero-order valence-corrected chi connectivity index (χ0v) is 14.4. The summed E-state index contributed by atoms with van der Waals surface area (Å²) in [6.45, 7) is 3.68. The van der Waals surface area contributed by atoms with E-state index in [-0.39, 0.29) is 12.3 Å². The molecule has 0 spiro atoms. The molecule has 0 radical (unpaired) electrons. The van der Waals surface area contributed by atoms with Crippen LogP contribution in [-0.4, -0.2) is 28.4 Å². The minimum atomic E-state index is -0.553. The first-order chi connectivity index (χ1) is 12.5. The molecule has 132 valence electrons. The van der Waals surface area contributed by atoms with Crippen LogP contribution < -0.4 is 15.6 Å². The molecule has 3 aromatic rings. The third-order valence-electron chi connectivity index (χ3n) is 3.56. The van der Waals surface area contributed by atoms with E-state index in [9.17, 15) is 9.59 Å². The van der Waals surface area contributed by atoms with Crippen molar-refractivity contribution in [1.29, 1.82) is 0 Å². The lowest BCUT2D eigenvalue weighted by atomic mass is 10.1. The van der Waals surface area contributed by atoms with Crippen LogP contribution in [0.25, 0.3) is 11.0 Å². The summed E-state index contributed by atoms with van der Waals surface area (Å²) in [5, 5.41) is 0. The molecule has 0 fully saturated rings. The zero-order valence-electron chi connectivity index (χ0n) is 14.4. The largest absolute Gasteiger partial charge is 0.484 e. The van der Waals surface area contributed by atoms with Crippen molar-refractivity contribution in [2.45, 2.75) is 13.8 Å². The number of amides is 2. The molecular formula is C19H18N4O3. The van der Waals surface area contributed by atoms with Crippen molar-refractivity contribution in [3.63, 3.8) is 0 Å². The number of hydrogen-bond donors (Lipinski definition) is 2. The van der Waals surface area contributed by atoms with Crippen LogP contribution in [0.4, 0.5) is 0 Å². The zero-order chi connectivity index (χ0) is 18.5. The van der Waals surface area contributed by atoms with Gasteiger partial charge in [0.2, 0.25) is 0 Å². The molecule has 0 unspecified atom stereocenters. The van der Waals surface area contributed by atoms with E-state index in [4.69, 9.17) is 4.74 Å². The highest BCUT2D eigenvalue weighted by atomic mass is 16.5. The minimum absolute atomic E-state index is 0.110. The van der Waals surface area contributed by atoms with E-state index in [1.807, 2.05) is 44.2 Å². The molecule has 0 aliphatic heterocycles. The highest BCUT2D eigenvalue weighted by Crippen LogP contribution is 2.15. The van der Waals surface area contributed by atoms with E-state index < -0.39 is 11.8 Å². The van der Waals surface area contributed by atoms with E-state index in [0.29, 0.717) is 16.8 Å². The predicted octanol–water partition coefficient (Wildman–Crippen LogP) is 2.09. The van der Waals surface area contributed by atoms with Gasteiger partial charge in [0.1, 0.15) is 11.4 Å². The molecule has 3 rings (SSSR count). The molecule has 26 heavy (non-hydrogen) atoms. The van der Waals surface area contributed by atoms with Crippen LogP contribution in [0.2, 0.25) is 0 Å². The molecule has 1 aromatic heterocycles. The van der Waals surface area contributed by atoms with Gasteiger partial charge in [-0.25, -0.2) is 4.98 Å². The molecule has 0 aliphatic rings. The summed E-state index contributed by atoms with van der Waals surface area (Å²) in [4.78, 5) is 32.3. The molecule has 7 nitrogen and oxygen atoms in total. The number of nitrogens with zero attached hydrogens (tertiary/aromatic N) is 2. The average Bonchev–Trinajstić information content (AvgIpc) is 2.63. The van der Waals surface area contributed by atoms with E-state index in [0.717, 1.165) is 11.1 Å². The molecule has 2 aromatic carbocycles. The molecule has 0 saturated heterocycles. The van der Waals surface area contributed by atoms with Gasteiger partial charge >= 0.3 is 0 Å². The number of para-hydroxylation sites is 2. The number of carbonyl (C=O) groups excluding carboxylic acids is 2. The van der Waals surface area contributed by atoms with Crippen LogP contribution >= 0.6 is 0 Å². The summed E-state index contributed by atoms with van der Waals surface area (Å²) in [5.74, 6) is -0.432. The van der Waals surface area contributed by atoms with Gasteiger partial charge in [-0.1, -0.05) is 18.2 Å². The molecule has 0 atom stereocenters. The Morgan fingerprint density at radius 2 is 1.69 bits per heavy atom. The Morgan fingerprint density at radius 1 is 1.00 bits per heavy atom. The van der Waals surface area contributed by atoms with Crippen LogP contribution in [-0.2, 0) is 4.79 Å². The highest BCUT2D eigenvalue weighted by Gasteiger charge is 2.11. The minimum Gasteiger partial charge on any atom is -0.484 e. The van der Waals surface area contributed by atoms with E-state index in [1.54, 1.807) is 12.1 Å². The normalized spacial score (nSPS) is 10.4. The van der Waals surface area contributed by atoms with Crippen molar-refractivity contribution in [2.24, 2.45) is 0 Å². The number of carbonyl (C=O) groups is 2. The van der Waals surface area contributed by atoms with E-state index >= 15 is 0 Å². The molecule has 1 heterocycles. The van der Waals surface area contributed by atoms with Crippen LogP contribution in [0.15, 0.2) is 48.7 Å². The summed E-state index contributed by atoms with van der Waals surface area (Å²) in [6, 6.07) is 12.9. The first-order valence-corrected chi connectivity index (χ1v) is 8.03. The molecule has 2 amide bonds. The molecule has 0 aliphatic carbocycles. The Hall–Kier alpha value is -3.48. The van der Waals surface area contributed by atoms with Crippen LogP contribution in [0, 0.1) is 13.8 Å². The lowest BCUT2D eigenvalue weighted by Crippen LogP contribution is -2.44. The maximum Gasteiger partial charge on any atom is 0.289 e. The quantitative estimate of drug-likeness (QED) is 0.703. The van der Waals surface area contributed by atoms with Crippen LogP contribution in [0.3, 0.4) is 0 Å². The third kappa shape index (κ3) is 4.32. The average molecular weight is 350 g/mol. The molecular weight excluding hydrogens is 332 g/mol. The Bertz CT molecular complexity index is 952. The maximum absolute atomic E-state index is 12.1. The lowest BCUT2D eigenvalue weighted by molar-refractivity contribution is -0.123. The summed E-state index contributed by atoms with van der Waals surface area (Å²) in [7, 11) is 0. The van der Waals surface area contributed by atoms with Gasteiger partial charge in [-0.15, -0.1) is 0 Å². The number of rotatable bonds is 4. The lowest BCUT2D eigenvalue weighted by Gasteiger charge is -2.10. The van der Waals surface area contributed by atoms with Gasteiger partial charge in [0, 0.05) is 0 Å². The first kappa shape index (κ1) is 17.3. The second-order valence-electron chi connectivity index (χ2n) is 5.86. The Kier molecular flexibility index (Phi) is 5.07. The van der Waals surface area contributed by atoms with Crippen molar-refractivity contribution in [3.05, 3.63) is 65.5 Å². The number of fused-ring (bicyclic) bond motifs is 1. The Labute approximate surface area is 150 Å². The number of nitrogens with one attached hydrogen (secondary N) is 2. The van der Waals surface area contributed by atoms with Gasteiger partial charge in [-0.2, -0.15) is 0 Å². The van der Waals surface area contributed by atoms with E-state index in [1.165, 1.54) is 6.20 Å². The van der Waals surface area contributed by atoms with Gasteiger partial charge in [0.05, 0.1) is 17.2 Å². The molecule has 7 heteroatoms. The van der Waals surface area contributed by atoms with Crippen LogP contribution in [0.5, 0.6) is 5.75 Å². The Balaban J connectivity index is 1.53. The Morgan fingerprint density at radius 3 is 2.42 bits per heavy atom. The SMILES string of the molecule is Cc1cc(C)cc(OCC(=O)NNC(=O)c2cnc3ccccc3n2)c1. The molecule has 2 N–H and O–H groups in total. The van der Waals surface area contributed by atoms with Crippen molar-refractivity contribution < 1.29 is 14.3 Å². The van der Waals surface area contributed by atoms with Gasteiger partial charge in [0.15, 0.2) is 6.61 Å². The fourth-order valence-corrected chi connectivity index (χ4v) is 2.46. The number of benzene rings is 2. The topological polar surface area (TPSA) is 93.2 Å². The van der Waals surface area contributed by atoms with Gasteiger partial charge in [0.25, 0.3) is 11.8 Å². The summed E-state index contributed by atoms with van der Waals surface area (Å²) >= 11 is 0. The van der Waals surface area contributed by atoms with E-state index in [2.05, 4.69) is 20.8 Å². The van der Waals surface area contributed by atoms with Crippen molar-refractivity contribution >= 4 is 22.8 Å². The summed E-state index contributed by atoms with van der Waals surface area (Å²) in [6.07, 6.45) is 1.36. The fraction of sp³-hybridized carbons (Fsp3) is 0.158. The maximum atomic E-state index is 12.1. The van der Waals surface area contributed by atoms with Crippen molar-refractivity contribution in [3.8, 4) is 5.75 Å². The number of aryl methyl sites for hydroxylation is 2. The second-order valence-corrected chi connectivity index (χ2v) is 5.86. The molecule has 0 saturated carbocycles. The fourth-order valence-electron chi connectivity index (χ4n) is 2.46. The van der Waals surface area contributed by atoms with Crippen LogP contribution in [0.1, 0.15) is 21.6 Å². The number of ether oxygens (including phenoxy) is 1. The summed E-state index contributed by atoms with van der Waals surface area (Å²) in [5.41, 5.74) is 8.09. The summed E-state index contributed by atoms with van der Waals surface area (Å²) < 4.78 is 5.43. The second kappa shape index (κ2) is 7.60. The van der Waals surface area contributed by atoms with Gasteiger partial charge in [-0.3, -0.25) is 25.4 Å². The van der Waals surface area contributed by atoms with Crippen molar-refractivity contribution in [1.82, 2.24) is 20.8 Å². The highest BCUT2D eigenvalue weighted by molar-refractivity contribution is 5.95.